The smallest absolute Gasteiger partial charge is 0.417 e. The molecule has 0 aromatic carbocycles. The molecule has 22 heavy (non-hydrogen) atoms. The predicted molar refractivity (Wildman–Crippen MR) is 74.3 cm³/mol. The number of nitrogens with zero attached hydrogens (tertiary/aromatic N) is 1. The van der Waals surface area contributed by atoms with Gasteiger partial charge in [-0.05, 0) is 24.3 Å². The van der Waals surface area contributed by atoms with Crippen LogP contribution in [0.3, 0.4) is 0 Å². The largest absolute Gasteiger partial charge is 0.467 e. The Bertz CT molecular complexity index is 558. The fraction of sp³-hybridized carbons (Fsp3) is 0.357. The van der Waals surface area contributed by atoms with E-state index in [4.69, 9.17) is 9.15 Å². The van der Waals surface area contributed by atoms with Crippen molar-refractivity contribution in [3.8, 4) is 0 Å². The molecule has 0 aliphatic carbocycles. The predicted octanol–water partition coefficient (Wildman–Crippen LogP) is 3.36. The molecule has 0 saturated carbocycles. The molecule has 8 heteroatoms. The Labute approximate surface area is 129 Å². The summed E-state index contributed by atoms with van der Waals surface area (Å²) in [4.78, 5) is 3.71. The average Bonchev–Trinajstić information content (AvgIpc) is 2.98. The van der Waals surface area contributed by atoms with E-state index in [1.54, 1.807) is 12.1 Å². The van der Waals surface area contributed by atoms with Crippen LogP contribution in [0.4, 0.5) is 13.2 Å². The summed E-state index contributed by atoms with van der Waals surface area (Å²) in [6.07, 6.45) is -2.83. The quantitative estimate of drug-likeness (QED) is 0.788. The first kappa shape index (κ1) is 16.9. The van der Waals surface area contributed by atoms with Crippen molar-refractivity contribution in [2.24, 2.45) is 0 Å². The molecule has 0 aliphatic rings. The number of thioether (sulfide) groups is 1. The molecule has 0 radical (unpaired) electrons. The van der Waals surface area contributed by atoms with E-state index in [-0.39, 0.29) is 19.0 Å². The van der Waals surface area contributed by atoms with Crippen LogP contribution in [0.2, 0.25) is 0 Å². The van der Waals surface area contributed by atoms with Gasteiger partial charge in [0.05, 0.1) is 29.6 Å². The average molecular weight is 333 g/mol. The number of ether oxygens (including phenoxy) is 1. The summed E-state index contributed by atoms with van der Waals surface area (Å²) in [7, 11) is 0. The van der Waals surface area contributed by atoms with E-state index in [1.807, 2.05) is 0 Å². The Hall–Kier alpha value is -1.51. The van der Waals surface area contributed by atoms with E-state index in [0.717, 1.165) is 24.0 Å². The van der Waals surface area contributed by atoms with Gasteiger partial charge in [0.15, 0.2) is 0 Å². The third-order valence-corrected chi connectivity index (χ3v) is 3.71. The molecule has 1 N–H and O–H groups in total. The first-order valence-electron chi connectivity index (χ1n) is 6.39. The number of hydrogen-bond acceptors (Lipinski definition) is 5. The van der Waals surface area contributed by atoms with Crippen LogP contribution < -0.4 is 0 Å². The molecule has 0 spiro atoms. The lowest BCUT2D eigenvalue weighted by molar-refractivity contribution is -0.137. The summed E-state index contributed by atoms with van der Waals surface area (Å²) in [5.74, 6) is 0.931. The van der Waals surface area contributed by atoms with E-state index >= 15 is 0 Å². The third-order valence-electron chi connectivity index (χ3n) is 2.62. The molecular weight excluding hydrogens is 319 g/mol. The zero-order valence-electron chi connectivity index (χ0n) is 11.4. The highest BCUT2D eigenvalue weighted by Gasteiger charge is 2.30. The Kier molecular flexibility index (Phi) is 5.87. The lowest BCUT2D eigenvalue weighted by Crippen LogP contribution is -2.18. The second kappa shape index (κ2) is 7.66. The van der Waals surface area contributed by atoms with Gasteiger partial charge in [-0.3, -0.25) is 0 Å². The number of aliphatic hydroxyl groups is 1. The van der Waals surface area contributed by atoms with Crippen molar-refractivity contribution in [1.29, 1.82) is 0 Å². The minimum atomic E-state index is -4.39. The van der Waals surface area contributed by atoms with E-state index in [2.05, 4.69) is 4.98 Å². The highest BCUT2D eigenvalue weighted by Crippen LogP contribution is 2.29. The van der Waals surface area contributed by atoms with Gasteiger partial charge in [-0.25, -0.2) is 4.98 Å². The molecule has 2 heterocycles. The molecule has 1 atom stereocenters. The van der Waals surface area contributed by atoms with Crippen LogP contribution in [-0.2, 0) is 17.5 Å². The molecule has 2 aromatic heterocycles. The first-order valence-corrected chi connectivity index (χ1v) is 7.38. The van der Waals surface area contributed by atoms with Crippen LogP contribution in [0, 0.1) is 0 Å². The second-order valence-corrected chi connectivity index (χ2v) is 5.48. The van der Waals surface area contributed by atoms with Gasteiger partial charge in [0, 0.05) is 11.9 Å². The number of pyridine rings is 1. The molecule has 2 rings (SSSR count). The molecular formula is C14H14F3NO3S. The van der Waals surface area contributed by atoms with Gasteiger partial charge in [-0.15, -0.1) is 11.8 Å². The van der Waals surface area contributed by atoms with Crippen molar-refractivity contribution in [2.75, 3.05) is 12.4 Å². The van der Waals surface area contributed by atoms with Crippen LogP contribution in [0.25, 0.3) is 0 Å². The summed E-state index contributed by atoms with van der Waals surface area (Å²) >= 11 is 1.16. The number of rotatable bonds is 7. The van der Waals surface area contributed by atoms with Crippen molar-refractivity contribution in [1.82, 2.24) is 4.98 Å². The maximum atomic E-state index is 12.4. The van der Waals surface area contributed by atoms with Crippen molar-refractivity contribution in [2.45, 2.75) is 23.9 Å². The van der Waals surface area contributed by atoms with Crippen molar-refractivity contribution in [3.63, 3.8) is 0 Å². The summed E-state index contributed by atoms with van der Waals surface area (Å²) < 4.78 is 47.5. The maximum Gasteiger partial charge on any atom is 0.417 e. The maximum absolute atomic E-state index is 12.4. The highest BCUT2D eigenvalue weighted by atomic mass is 32.2. The fourth-order valence-electron chi connectivity index (χ4n) is 1.55. The summed E-state index contributed by atoms with van der Waals surface area (Å²) in [5, 5.41) is 10.2. The van der Waals surface area contributed by atoms with Gasteiger partial charge in [-0.1, -0.05) is 0 Å². The van der Waals surface area contributed by atoms with Gasteiger partial charge in [0.1, 0.15) is 12.4 Å². The van der Waals surface area contributed by atoms with Crippen LogP contribution in [-0.4, -0.2) is 28.6 Å². The van der Waals surface area contributed by atoms with Gasteiger partial charge >= 0.3 is 6.18 Å². The first-order chi connectivity index (χ1) is 10.4. The van der Waals surface area contributed by atoms with E-state index in [0.29, 0.717) is 10.8 Å². The molecule has 0 amide bonds. The SMILES string of the molecule is OC(COCc1ccco1)CSc1ccc(C(F)(F)F)cn1. The summed E-state index contributed by atoms with van der Waals surface area (Å²) in [5.41, 5.74) is -0.792. The Balaban J connectivity index is 1.70. The molecule has 120 valence electrons. The molecule has 0 saturated heterocycles. The van der Waals surface area contributed by atoms with Crippen LogP contribution in [0.15, 0.2) is 46.2 Å². The molecule has 0 fully saturated rings. The number of hydrogen-bond donors (Lipinski definition) is 1. The van der Waals surface area contributed by atoms with Gasteiger partial charge in [0.2, 0.25) is 0 Å². The zero-order valence-corrected chi connectivity index (χ0v) is 12.2. The summed E-state index contributed by atoms with van der Waals surface area (Å²) in [6, 6.07) is 5.74. The minimum absolute atomic E-state index is 0.105. The topological polar surface area (TPSA) is 55.5 Å². The highest BCUT2D eigenvalue weighted by molar-refractivity contribution is 7.99. The van der Waals surface area contributed by atoms with E-state index < -0.39 is 17.8 Å². The minimum Gasteiger partial charge on any atom is -0.467 e. The Morgan fingerprint density at radius 2 is 2.14 bits per heavy atom. The third kappa shape index (κ3) is 5.36. The van der Waals surface area contributed by atoms with E-state index in [1.165, 1.54) is 12.3 Å². The number of furan rings is 1. The van der Waals surface area contributed by atoms with Gasteiger partial charge in [-0.2, -0.15) is 13.2 Å². The fourth-order valence-corrected chi connectivity index (χ4v) is 2.30. The number of halogens is 3. The standard InChI is InChI=1S/C14H14F3NO3S/c15-14(16,17)10-3-4-13(18-6-10)22-9-11(19)7-20-8-12-2-1-5-21-12/h1-6,11,19H,7-9H2. The van der Waals surface area contributed by atoms with Crippen molar-refractivity contribution in [3.05, 3.63) is 48.0 Å². The van der Waals surface area contributed by atoms with E-state index in [9.17, 15) is 18.3 Å². The monoisotopic (exact) mass is 333 g/mol. The van der Waals surface area contributed by atoms with Crippen molar-refractivity contribution >= 4 is 11.8 Å². The lowest BCUT2D eigenvalue weighted by atomic mass is 10.3. The van der Waals surface area contributed by atoms with Gasteiger partial charge < -0.3 is 14.3 Å². The molecule has 0 bridgehead atoms. The van der Waals surface area contributed by atoms with Crippen LogP contribution in [0.1, 0.15) is 11.3 Å². The molecule has 2 aromatic rings. The van der Waals surface area contributed by atoms with Crippen LogP contribution >= 0.6 is 11.8 Å². The number of alkyl halides is 3. The van der Waals surface area contributed by atoms with Crippen molar-refractivity contribution < 1.29 is 27.4 Å². The molecule has 0 aliphatic heterocycles. The molecule has 1 unspecified atom stereocenters. The number of aromatic nitrogens is 1. The van der Waals surface area contributed by atoms with Crippen LogP contribution in [0.5, 0.6) is 0 Å². The Morgan fingerprint density at radius 1 is 1.32 bits per heavy atom. The Morgan fingerprint density at radius 3 is 2.73 bits per heavy atom. The second-order valence-electron chi connectivity index (χ2n) is 4.44. The van der Waals surface area contributed by atoms with Gasteiger partial charge in [0.25, 0.3) is 0 Å². The normalized spacial score (nSPS) is 13.3. The lowest BCUT2D eigenvalue weighted by Gasteiger charge is -2.10. The summed E-state index contributed by atoms with van der Waals surface area (Å²) in [6.45, 7) is 0.363. The number of aliphatic hydroxyl groups excluding tert-OH is 1. The zero-order chi connectivity index (χ0) is 16.0. The molecule has 4 nitrogen and oxygen atoms in total.